The number of nitrogens with zero attached hydrogens (tertiary/aromatic N) is 1. The molecule has 0 unspecified atom stereocenters. The second kappa shape index (κ2) is 6.23. The zero-order valence-electron chi connectivity index (χ0n) is 14.4. The Morgan fingerprint density at radius 2 is 2.12 bits per heavy atom. The van der Waals surface area contributed by atoms with Crippen LogP contribution in [-0.4, -0.2) is 28.2 Å². The van der Waals surface area contributed by atoms with Gasteiger partial charge in [0.15, 0.2) is 5.78 Å². The average Bonchev–Trinajstić information content (AvgIpc) is 2.83. The molecule has 0 aromatic carbocycles. The number of Topliss-reactive ketones (excluding diaryl/α,β-unsaturated/α-hetero) is 1. The summed E-state index contributed by atoms with van der Waals surface area (Å²) in [5.41, 5.74) is 3.76. The second-order valence-corrected chi connectivity index (χ2v) is 7.25. The first-order chi connectivity index (χ1) is 11.4. The molecule has 0 bridgehead atoms. The standard InChI is InChI=1S/C19H23N3O2/c1-12-16-14(10-19(2,3)11-15(16)23)22-17(12)18(24)21-9-7-13-6-4-5-8-20-13/h4-6,8,22H,7,9-11H2,1-3H3,(H,21,24). The van der Waals surface area contributed by atoms with Crippen molar-refractivity contribution in [2.75, 3.05) is 6.54 Å². The molecule has 1 aliphatic rings. The van der Waals surface area contributed by atoms with E-state index in [9.17, 15) is 9.59 Å². The van der Waals surface area contributed by atoms with Crippen LogP contribution >= 0.6 is 0 Å². The summed E-state index contributed by atoms with van der Waals surface area (Å²) >= 11 is 0. The normalized spacial score (nSPS) is 15.9. The first kappa shape index (κ1) is 16.4. The van der Waals surface area contributed by atoms with E-state index in [1.165, 1.54) is 0 Å². The number of pyridine rings is 1. The van der Waals surface area contributed by atoms with E-state index in [-0.39, 0.29) is 17.1 Å². The Hall–Kier alpha value is -2.43. The van der Waals surface area contributed by atoms with E-state index in [0.29, 0.717) is 30.6 Å². The maximum absolute atomic E-state index is 12.5. The highest BCUT2D eigenvalue weighted by Gasteiger charge is 2.35. The molecule has 2 heterocycles. The number of aromatic amines is 1. The van der Waals surface area contributed by atoms with Gasteiger partial charge in [-0.05, 0) is 36.5 Å². The molecular weight excluding hydrogens is 302 g/mol. The lowest BCUT2D eigenvalue weighted by Crippen LogP contribution is -2.26. The smallest absolute Gasteiger partial charge is 0.268 e. The van der Waals surface area contributed by atoms with Gasteiger partial charge in [0, 0.05) is 42.5 Å². The van der Waals surface area contributed by atoms with Crippen molar-refractivity contribution in [3.05, 3.63) is 52.6 Å². The maximum atomic E-state index is 12.5. The number of carbonyl (C=O) groups is 2. The monoisotopic (exact) mass is 325 g/mol. The van der Waals surface area contributed by atoms with Gasteiger partial charge in [0.25, 0.3) is 5.91 Å². The van der Waals surface area contributed by atoms with Crippen molar-refractivity contribution in [3.63, 3.8) is 0 Å². The number of nitrogens with one attached hydrogen (secondary N) is 2. The molecule has 0 aliphatic heterocycles. The summed E-state index contributed by atoms with van der Waals surface area (Å²) in [5, 5.41) is 2.91. The quantitative estimate of drug-likeness (QED) is 0.907. The van der Waals surface area contributed by atoms with E-state index in [0.717, 1.165) is 23.4 Å². The van der Waals surface area contributed by atoms with Gasteiger partial charge in [-0.25, -0.2) is 0 Å². The Morgan fingerprint density at radius 3 is 2.83 bits per heavy atom. The summed E-state index contributed by atoms with van der Waals surface area (Å²) in [6.07, 6.45) is 3.74. The van der Waals surface area contributed by atoms with Gasteiger partial charge < -0.3 is 10.3 Å². The maximum Gasteiger partial charge on any atom is 0.268 e. The lowest BCUT2D eigenvalue weighted by molar-refractivity contribution is 0.0909. The molecule has 0 atom stereocenters. The van der Waals surface area contributed by atoms with Gasteiger partial charge in [0.1, 0.15) is 5.69 Å². The summed E-state index contributed by atoms with van der Waals surface area (Å²) in [5.74, 6) is -0.0361. The van der Waals surface area contributed by atoms with E-state index in [1.807, 2.05) is 25.1 Å². The molecule has 2 aromatic rings. The highest BCUT2D eigenvalue weighted by Crippen LogP contribution is 2.36. The molecule has 24 heavy (non-hydrogen) atoms. The minimum absolute atomic E-state index is 0.0614. The number of fused-ring (bicyclic) bond motifs is 1. The van der Waals surface area contributed by atoms with Crippen LogP contribution in [0.25, 0.3) is 0 Å². The van der Waals surface area contributed by atoms with Crippen molar-refractivity contribution in [1.82, 2.24) is 15.3 Å². The molecule has 5 heteroatoms. The largest absolute Gasteiger partial charge is 0.354 e. The fourth-order valence-corrected chi connectivity index (χ4v) is 3.40. The molecule has 0 saturated heterocycles. The number of rotatable bonds is 4. The fourth-order valence-electron chi connectivity index (χ4n) is 3.40. The van der Waals surface area contributed by atoms with Gasteiger partial charge in [0.2, 0.25) is 0 Å². The van der Waals surface area contributed by atoms with Crippen LogP contribution in [0.15, 0.2) is 24.4 Å². The highest BCUT2D eigenvalue weighted by molar-refractivity contribution is 6.04. The number of hydrogen-bond donors (Lipinski definition) is 2. The van der Waals surface area contributed by atoms with Crippen molar-refractivity contribution < 1.29 is 9.59 Å². The molecule has 2 N–H and O–H groups in total. The summed E-state index contributed by atoms with van der Waals surface area (Å²) in [4.78, 5) is 32.3. The van der Waals surface area contributed by atoms with Gasteiger partial charge in [-0.15, -0.1) is 0 Å². The van der Waals surface area contributed by atoms with Gasteiger partial charge in [0.05, 0.1) is 0 Å². The van der Waals surface area contributed by atoms with Crippen LogP contribution in [0.1, 0.15) is 58.1 Å². The third-order valence-electron chi connectivity index (χ3n) is 4.52. The van der Waals surface area contributed by atoms with E-state index in [4.69, 9.17) is 0 Å². The molecule has 1 aliphatic carbocycles. The molecule has 5 nitrogen and oxygen atoms in total. The number of ketones is 1. The Labute approximate surface area is 141 Å². The van der Waals surface area contributed by atoms with Crippen LogP contribution in [0, 0.1) is 12.3 Å². The molecule has 1 amide bonds. The topological polar surface area (TPSA) is 74.8 Å². The third kappa shape index (κ3) is 3.25. The lowest BCUT2D eigenvalue weighted by atomic mass is 9.75. The Bertz CT molecular complexity index is 775. The highest BCUT2D eigenvalue weighted by atomic mass is 16.2. The zero-order chi connectivity index (χ0) is 17.3. The summed E-state index contributed by atoms with van der Waals surface area (Å²) in [6, 6.07) is 5.74. The van der Waals surface area contributed by atoms with Gasteiger partial charge in [-0.2, -0.15) is 0 Å². The van der Waals surface area contributed by atoms with E-state index in [1.54, 1.807) is 6.20 Å². The Balaban J connectivity index is 1.71. The number of aromatic nitrogens is 2. The fraction of sp³-hybridized carbons (Fsp3) is 0.421. The van der Waals surface area contributed by atoms with Gasteiger partial charge in [-0.3, -0.25) is 14.6 Å². The van der Waals surface area contributed by atoms with Crippen LogP contribution < -0.4 is 5.32 Å². The zero-order valence-corrected chi connectivity index (χ0v) is 14.4. The predicted octanol–water partition coefficient (Wildman–Crippen LogP) is 2.85. The Kier molecular flexibility index (Phi) is 4.26. The minimum atomic E-state index is -0.163. The average molecular weight is 325 g/mol. The Morgan fingerprint density at radius 1 is 1.33 bits per heavy atom. The molecule has 0 spiro atoms. The summed E-state index contributed by atoms with van der Waals surface area (Å²) < 4.78 is 0. The van der Waals surface area contributed by atoms with E-state index < -0.39 is 0 Å². The molecule has 2 aromatic heterocycles. The van der Waals surface area contributed by atoms with E-state index >= 15 is 0 Å². The van der Waals surface area contributed by atoms with Crippen molar-refractivity contribution in [3.8, 4) is 0 Å². The van der Waals surface area contributed by atoms with Crippen molar-refractivity contribution in [1.29, 1.82) is 0 Å². The molecule has 126 valence electrons. The van der Waals surface area contributed by atoms with Gasteiger partial charge in [-0.1, -0.05) is 19.9 Å². The van der Waals surface area contributed by atoms with Crippen molar-refractivity contribution >= 4 is 11.7 Å². The SMILES string of the molecule is Cc1c(C(=O)NCCc2ccccn2)[nH]c2c1C(=O)CC(C)(C)C2. The van der Waals surface area contributed by atoms with Crippen LogP contribution in [0.5, 0.6) is 0 Å². The van der Waals surface area contributed by atoms with Crippen LogP contribution in [0.3, 0.4) is 0 Å². The second-order valence-electron chi connectivity index (χ2n) is 7.25. The lowest BCUT2D eigenvalue weighted by Gasteiger charge is -2.28. The minimum Gasteiger partial charge on any atom is -0.354 e. The molecule has 0 saturated carbocycles. The van der Waals surface area contributed by atoms with Crippen LogP contribution in [0.4, 0.5) is 0 Å². The summed E-state index contributed by atoms with van der Waals surface area (Å²) in [6.45, 7) is 6.52. The molecule has 0 radical (unpaired) electrons. The molecule has 0 fully saturated rings. The van der Waals surface area contributed by atoms with Crippen LogP contribution in [0.2, 0.25) is 0 Å². The van der Waals surface area contributed by atoms with Crippen LogP contribution in [-0.2, 0) is 12.8 Å². The molecule has 3 rings (SSSR count). The van der Waals surface area contributed by atoms with E-state index in [2.05, 4.69) is 29.1 Å². The van der Waals surface area contributed by atoms with Crippen molar-refractivity contribution in [2.45, 2.75) is 40.0 Å². The predicted molar refractivity (Wildman–Crippen MR) is 92.2 cm³/mol. The molecular formula is C19H23N3O2. The third-order valence-corrected chi connectivity index (χ3v) is 4.52. The number of amides is 1. The van der Waals surface area contributed by atoms with Crippen molar-refractivity contribution in [2.24, 2.45) is 5.41 Å². The number of H-pyrrole nitrogens is 1. The first-order valence-corrected chi connectivity index (χ1v) is 8.30. The number of carbonyl (C=O) groups excluding carboxylic acids is 2. The first-order valence-electron chi connectivity index (χ1n) is 8.30. The van der Waals surface area contributed by atoms with Gasteiger partial charge >= 0.3 is 0 Å². The number of hydrogen-bond acceptors (Lipinski definition) is 3. The summed E-state index contributed by atoms with van der Waals surface area (Å²) in [7, 11) is 0.